The highest BCUT2D eigenvalue weighted by atomic mass is 79.9. The number of hydrogen-bond donors (Lipinski definition) is 1. The number of thiophene rings is 1. The summed E-state index contributed by atoms with van der Waals surface area (Å²) in [5.41, 5.74) is 0. The van der Waals surface area contributed by atoms with Crippen molar-refractivity contribution in [2.75, 3.05) is 13.2 Å². The minimum absolute atomic E-state index is 0.300. The first kappa shape index (κ1) is 15.0. The Morgan fingerprint density at radius 1 is 1.56 bits per heavy atom. The molecule has 0 amide bonds. The summed E-state index contributed by atoms with van der Waals surface area (Å²) in [6.45, 7) is 6.41. The average Bonchev–Trinajstić information content (AvgIpc) is 2.88. The molecule has 1 saturated heterocycles. The van der Waals surface area contributed by atoms with Crippen LogP contribution in [-0.2, 0) is 4.74 Å². The lowest BCUT2D eigenvalue weighted by Crippen LogP contribution is -2.34. The van der Waals surface area contributed by atoms with Gasteiger partial charge in [-0.2, -0.15) is 0 Å². The molecule has 0 spiro atoms. The minimum Gasteiger partial charge on any atom is -0.376 e. The number of ether oxygens (including phenoxy) is 1. The summed E-state index contributed by atoms with van der Waals surface area (Å²) < 4.78 is 8.24. The quantitative estimate of drug-likeness (QED) is 0.775. The molecular formula is C13H19Br2NOS. The maximum atomic E-state index is 5.94. The molecule has 1 aliphatic heterocycles. The largest absolute Gasteiger partial charge is 0.376 e. The molecule has 0 aromatic carbocycles. The molecule has 102 valence electrons. The van der Waals surface area contributed by atoms with Crippen LogP contribution in [0.4, 0.5) is 0 Å². The molecule has 2 nitrogen and oxygen atoms in total. The number of rotatable bonds is 5. The molecule has 0 aliphatic carbocycles. The summed E-state index contributed by atoms with van der Waals surface area (Å²) >= 11 is 8.94. The highest BCUT2D eigenvalue weighted by molar-refractivity contribution is 9.13. The van der Waals surface area contributed by atoms with E-state index in [1.807, 2.05) is 0 Å². The average molecular weight is 397 g/mol. The third-order valence-electron chi connectivity index (χ3n) is 3.36. The van der Waals surface area contributed by atoms with Crippen molar-refractivity contribution in [3.63, 3.8) is 0 Å². The minimum atomic E-state index is 0.300. The van der Waals surface area contributed by atoms with E-state index in [-0.39, 0.29) is 0 Å². The van der Waals surface area contributed by atoms with Gasteiger partial charge in [0.25, 0.3) is 0 Å². The third-order valence-corrected chi connectivity index (χ3v) is 6.70. The van der Waals surface area contributed by atoms with E-state index >= 15 is 0 Å². The molecule has 0 radical (unpaired) electrons. The summed E-state index contributed by atoms with van der Waals surface area (Å²) in [5.74, 6) is 0.624. The molecule has 2 heterocycles. The van der Waals surface area contributed by atoms with Crippen LogP contribution in [-0.4, -0.2) is 19.3 Å². The van der Waals surface area contributed by atoms with Gasteiger partial charge in [0.2, 0.25) is 0 Å². The summed E-state index contributed by atoms with van der Waals surface area (Å²) in [4.78, 5) is 1.35. The van der Waals surface area contributed by atoms with Gasteiger partial charge in [0.15, 0.2) is 0 Å². The van der Waals surface area contributed by atoms with Crippen molar-refractivity contribution in [1.82, 2.24) is 5.32 Å². The molecule has 3 atom stereocenters. The van der Waals surface area contributed by atoms with Crippen molar-refractivity contribution in [2.24, 2.45) is 5.92 Å². The van der Waals surface area contributed by atoms with Crippen LogP contribution in [0.5, 0.6) is 0 Å². The lowest BCUT2D eigenvalue weighted by molar-refractivity contribution is 0.0617. The van der Waals surface area contributed by atoms with Gasteiger partial charge in [0, 0.05) is 16.0 Å². The van der Waals surface area contributed by atoms with Gasteiger partial charge in [-0.05, 0) is 63.2 Å². The summed E-state index contributed by atoms with van der Waals surface area (Å²) in [6.07, 6.45) is 2.61. The van der Waals surface area contributed by atoms with Crippen LogP contribution in [0.25, 0.3) is 0 Å². The zero-order valence-electron chi connectivity index (χ0n) is 10.7. The Hall–Kier alpha value is 0.580. The first-order valence-electron chi connectivity index (χ1n) is 6.43. The Labute approximate surface area is 130 Å². The van der Waals surface area contributed by atoms with Crippen LogP contribution in [0.15, 0.2) is 14.3 Å². The van der Waals surface area contributed by atoms with E-state index in [0.717, 1.165) is 27.8 Å². The van der Waals surface area contributed by atoms with Crippen LogP contribution in [0.1, 0.15) is 37.6 Å². The molecule has 1 aliphatic rings. The Bertz CT molecular complexity index is 377. The standard InChI is InChI=1S/C13H19Br2NOS/c1-3-5-16-11(12-8(2)4-6-17-12)10-7-9(14)13(15)18-10/h7-8,11-12,16H,3-6H2,1-2H3. The van der Waals surface area contributed by atoms with Crippen LogP contribution in [0, 0.1) is 5.92 Å². The van der Waals surface area contributed by atoms with Crippen molar-refractivity contribution in [2.45, 2.75) is 38.8 Å². The first-order chi connectivity index (χ1) is 8.63. The predicted octanol–water partition coefficient (Wildman–Crippen LogP) is 4.74. The molecule has 1 aromatic rings. The fourth-order valence-electron chi connectivity index (χ4n) is 2.34. The summed E-state index contributed by atoms with van der Waals surface area (Å²) in [6, 6.07) is 2.52. The third kappa shape index (κ3) is 3.37. The molecule has 1 fully saturated rings. The van der Waals surface area contributed by atoms with Gasteiger partial charge in [0.05, 0.1) is 15.9 Å². The van der Waals surface area contributed by atoms with E-state index < -0.39 is 0 Å². The second kappa shape index (κ2) is 6.84. The Morgan fingerprint density at radius 2 is 2.33 bits per heavy atom. The Balaban J connectivity index is 2.18. The smallest absolute Gasteiger partial charge is 0.0843 e. The van der Waals surface area contributed by atoms with E-state index in [4.69, 9.17) is 4.74 Å². The number of hydrogen-bond acceptors (Lipinski definition) is 3. The maximum absolute atomic E-state index is 5.94. The van der Waals surface area contributed by atoms with Gasteiger partial charge in [0.1, 0.15) is 0 Å². The van der Waals surface area contributed by atoms with Gasteiger partial charge in [-0.1, -0.05) is 13.8 Å². The number of nitrogens with one attached hydrogen (secondary N) is 1. The van der Waals surface area contributed by atoms with Crippen molar-refractivity contribution in [1.29, 1.82) is 0 Å². The van der Waals surface area contributed by atoms with Gasteiger partial charge in [-0.25, -0.2) is 0 Å². The van der Waals surface area contributed by atoms with E-state index in [2.05, 4.69) is 57.1 Å². The van der Waals surface area contributed by atoms with Gasteiger partial charge in [-0.3, -0.25) is 0 Å². The second-order valence-corrected chi connectivity index (χ2v) is 8.06. The highest BCUT2D eigenvalue weighted by Gasteiger charge is 2.33. The SMILES string of the molecule is CCCNC(c1cc(Br)c(Br)s1)C1OCCC1C. The van der Waals surface area contributed by atoms with E-state index in [1.54, 1.807) is 11.3 Å². The highest BCUT2D eigenvalue weighted by Crippen LogP contribution is 2.39. The fraction of sp³-hybridized carbons (Fsp3) is 0.692. The van der Waals surface area contributed by atoms with E-state index in [9.17, 15) is 0 Å². The van der Waals surface area contributed by atoms with Crippen LogP contribution in [0.3, 0.4) is 0 Å². The molecule has 1 aromatic heterocycles. The fourth-order valence-corrected chi connectivity index (χ4v) is 4.54. The molecule has 2 rings (SSSR count). The first-order valence-corrected chi connectivity index (χ1v) is 8.83. The topological polar surface area (TPSA) is 21.3 Å². The summed E-state index contributed by atoms with van der Waals surface area (Å²) in [7, 11) is 0. The van der Waals surface area contributed by atoms with Gasteiger partial charge in [-0.15, -0.1) is 11.3 Å². The van der Waals surface area contributed by atoms with Crippen molar-refractivity contribution in [3.8, 4) is 0 Å². The normalized spacial score (nSPS) is 25.6. The van der Waals surface area contributed by atoms with Crippen molar-refractivity contribution >= 4 is 43.2 Å². The molecule has 0 saturated carbocycles. The summed E-state index contributed by atoms with van der Waals surface area (Å²) in [5, 5.41) is 3.64. The van der Waals surface area contributed by atoms with Crippen LogP contribution < -0.4 is 5.32 Å². The van der Waals surface area contributed by atoms with E-state index in [1.165, 1.54) is 11.3 Å². The molecule has 3 unspecified atom stereocenters. The van der Waals surface area contributed by atoms with Crippen molar-refractivity contribution < 1.29 is 4.74 Å². The van der Waals surface area contributed by atoms with Gasteiger partial charge < -0.3 is 10.1 Å². The van der Waals surface area contributed by atoms with Gasteiger partial charge >= 0.3 is 0 Å². The zero-order chi connectivity index (χ0) is 13.1. The zero-order valence-corrected chi connectivity index (χ0v) is 14.7. The molecule has 1 N–H and O–H groups in total. The van der Waals surface area contributed by atoms with Crippen molar-refractivity contribution in [3.05, 3.63) is 19.2 Å². The number of halogens is 2. The maximum Gasteiger partial charge on any atom is 0.0843 e. The Kier molecular flexibility index (Phi) is 5.69. The lowest BCUT2D eigenvalue weighted by atomic mass is 9.96. The van der Waals surface area contributed by atoms with Crippen LogP contribution in [0.2, 0.25) is 0 Å². The molecular weight excluding hydrogens is 378 g/mol. The molecule has 18 heavy (non-hydrogen) atoms. The molecule has 0 bridgehead atoms. The monoisotopic (exact) mass is 395 g/mol. The Morgan fingerprint density at radius 3 is 2.83 bits per heavy atom. The van der Waals surface area contributed by atoms with E-state index in [0.29, 0.717) is 18.1 Å². The second-order valence-electron chi connectivity index (χ2n) is 4.80. The lowest BCUT2D eigenvalue weighted by Gasteiger charge is -2.26. The molecule has 5 heteroatoms. The van der Waals surface area contributed by atoms with Crippen LogP contribution >= 0.6 is 43.2 Å². The predicted molar refractivity (Wildman–Crippen MR) is 84.3 cm³/mol.